The Balaban J connectivity index is 1.70. The molecular weight excluding hydrogens is 423 g/mol. The van der Waals surface area contributed by atoms with Crippen molar-refractivity contribution in [1.82, 2.24) is 24.4 Å². The number of alkyl halides is 1. The van der Waals surface area contributed by atoms with Gasteiger partial charge in [0.15, 0.2) is 11.2 Å². The molecule has 0 amide bonds. The predicted octanol–water partition coefficient (Wildman–Crippen LogP) is 1.84. The third kappa shape index (κ3) is 2.73. The fourth-order valence-electron chi connectivity index (χ4n) is 3.48. The molecule has 1 saturated carbocycles. The summed E-state index contributed by atoms with van der Waals surface area (Å²) < 4.78 is 8.68. The summed E-state index contributed by atoms with van der Waals surface area (Å²) in [6, 6.07) is 0. The van der Waals surface area contributed by atoms with Crippen LogP contribution in [0.2, 0.25) is 0 Å². The molecule has 2 fully saturated rings. The molecule has 1 aliphatic carbocycles. The topological polar surface area (TPSA) is 88.4 Å². The molecule has 3 heterocycles. The molecule has 24 heavy (non-hydrogen) atoms. The highest BCUT2D eigenvalue weighted by Gasteiger charge is 2.44. The minimum Gasteiger partial charge on any atom is -0.369 e. The quantitative estimate of drug-likeness (QED) is 0.339. The number of nitrogens with one attached hydrogen (secondary N) is 1. The van der Waals surface area contributed by atoms with Gasteiger partial charge in [-0.1, -0.05) is 22.6 Å². The number of halogens is 1. The van der Waals surface area contributed by atoms with Gasteiger partial charge in [0, 0.05) is 18.0 Å². The Bertz CT molecular complexity index is 844. The van der Waals surface area contributed by atoms with Gasteiger partial charge >= 0.3 is 0 Å². The van der Waals surface area contributed by atoms with E-state index in [2.05, 4.69) is 42.5 Å². The summed E-state index contributed by atoms with van der Waals surface area (Å²) in [6.07, 6.45) is 6.80. The van der Waals surface area contributed by atoms with Crippen LogP contribution in [0.5, 0.6) is 0 Å². The van der Waals surface area contributed by atoms with E-state index in [1.165, 1.54) is 12.8 Å². The molecule has 4 unspecified atom stereocenters. The summed E-state index contributed by atoms with van der Waals surface area (Å²) in [4.78, 5) is 29.5. The fraction of sp³-hybridized carbons (Fsp3) is 0.600. The number of imidazole rings is 1. The molecule has 128 valence electrons. The Hall–Kier alpha value is -1.49. The average molecular weight is 442 g/mol. The van der Waals surface area contributed by atoms with Gasteiger partial charge in [0.05, 0.1) is 18.8 Å². The number of hydrogen-bond donors (Lipinski definition) is 1. The molecule has 2 aliphatic rings. The molecular formula is C15H19IN6O2. The molecule has 0 bridgehead atoms. The molecule has 1 aliphatic heterocycles. The summed E-state index contributed by atoms with van der Waals surface area (Å²) in [5.74, 6) is 0.857. The molecule has 0 spiro atoms. The highest BCUT2D eigenvalue weighted by Crippen LogP contribution is 2.46. The van der Waals surface area contributed by atoms with E-state index in [9.17, 15) is 4.79 Å². The van der Waals surface area contributed by atoms with Crippen LogP contribution in [0, 0.1) is 5.92 Å². The smallest absolute Gasteiger partial charge is 0.280 e. The first kappa shape index (κ1) is 16.0. The first-order valence-electron chi connectivity index (χ1n) is 8.00. The van der Waals surface area contributed by atoms with E-state index in [1.807, 2.05) is 18.7 Å². The van der Waals surface area contributed by atoms with E-state index >= 15 is 0 Å². The second-order valence-electron chi connectivity index (χ2n) is 6.57. The number of ether oxygens (including phenoxy) is 1. The highest BCUT2D eigenvalue weighted by molar-refractivity contribution is 14.1. The molecule has 4 atom stereocenters. The zero-order valence-corrected chi connectivity index (χ0v) is 15.7. The van der Waals surface area contributed by atoms with Crippen LogP contribution in [0.4, 0.5) is 5.95 Å². The van der Waals surface area contributed by atoms with Crippen molar-refractivity contribution >= 4 is 46.0 Å². The number of aromatic amines is 1. The second kappa shape index (κ2) is 6.10. The maximum atomic E-state index is 12.2. The van der Waals surface area contributed by atoms with Gasteiger partial charge < -0.3 is 9.64 Å². The average Bonchev–Trinajstić information content (AvgIpc) is 3.21. The zero-order chi connectivity index (χ0) is 16.8. The van der Waals surface area contributed by atoms with Gasteiger partial charge in [-0.3, -0.25) is 14.3 Å². The van der Waals surface area contributed by atoms with Gasteiger partial charge in [0.25, 0.3) is 5.56 Å². The number of hydrogen-bond acceptors (Lipinski definition) is 5. The molecule has 1 N–H and O–H groups in total. The van der Waals surface area contributed by atoms with Gasteiger partial charge in [-0.25, -0.2) is 9.98 Å². The predicted molar refractivity (Wildman–Crippen MR) is 99.0 cm³/mol. The maximum Gasteiger partial charge on any atom is 0.280 e. The lowest BCUT2D eigenvalue weighted by molar-refractivity contribution is 0.00612. The van der Waals surface area contributed by atoms with Crippen LogP contribution >= 0.6 is 22.6 Å². The number of H-pyrrole nitrogens is 1. The van der Waals surface area contributed by atoms with Crippen molar-refractivity contribution in [3.8, 4) is 0 Å². The van der Waals surface area contributed by atoms with E-state index in [1.54, 1.807) is 17.6 Å². The Kier molecular flexibility index (Phi) is 4.07. The van der Waals surface area contributed by atoms with Gasteiger partial charge in [-0.05, 0) is 25.2 Å². The lowest BCUT2D eigenvalue weighted by atomic mass is 10.0. The molecule has 2 aromatic rings. The Morgan fingerprint density at radius 2 is 2.33 bits per heavy atom. The summed E-state index contributed by atoms with van der Waals surface area (Å²) >= 11 is 2.48. The van der Waals surface area contributed by atoms with Gasteiger partial charge in [0.2, 0.25) is 5.95 Å². The third-order valence-electron chi connectivity index (χ3n) is 4.59. The summed E-state index contributed by atoms with van der Waals surface area (Å²) in [6.45, 7) is 0. The van der Waals surface area contributed by atoms with Gasteiger partial charge in [-0.15, -0.1) is 0 Å². The monoisotopic (exact) mass is 442 g/mol. The van der Waals surface area contributed by atoms with Crippen molar-refractivity contribution in [2.75, 3.05) is 14.1 Å². The lowest BCUT2D eigenvalue weighted by Crippen LogP contribution is -2.19. The minimum atomic E-state index is -0.283. The minimum absolute atomic E-state index is 0.109. The van der Waals surface area contributed by atoms with Gasteiger partial charge in [0.1, 0.15) is 6.23 Å². The molecule has 4 rings (SSSR count). The molecule has 8 nitrogen and oxygen atoms in total. The molecule has 1 saturated heterocycles. The van der Waals surface area contributed by atoms with Crippen LogP contribution in [0.25, 0.3) is 11.2 Å². The molecule has 9 heteroatoms. The first-order chi connectivity index (χ1) is 11.5. The van der Waals surface area contributed by atoms with Crippen LogP contribution in [0.1, 0.15) is 25.5 Å². The van der Waals surface area contributed by atoms with Crippen LogP contribution in [-0.2, 0) is 4.74 Å². The highest BCUT2D eigenvalue weighted by atomic mass is 127. The van der Waals surface area contributed by atoms with Crippen molar-refractivity contribution in [2.24, 2.45) is 10.9 Å². The Morgan fingerprint density at radius 1 is 1.50 bits per heavy atom. The largest absolute Gasteiger partial charge is 0.369 e. The number of fused-ring (bicyclic) bond motifs is 2. The Labute approximate surface area is 152 Å². The molecule has 0 radical (unpaired) electrons. The van der Waals surface area contributed by atoms with Crippen LogP contribution < -0.4 is 5.56 Å². The Morgan fingerprint density at radius 3 is 3.08 bits per heavy atom. The molecule has 0 aromatic carbocycles. The van der Waals surface area contributed by atoms with E-state index in [0.29, 0.717) is 27.1 Å². The van der Waals surface area contributed by atoms with Crippen LogP contribution in [0.3, 0.4) is 0 Å². The third-order valence-corrected chi connectivity index (χ3v) is 5.93. The van der Waals surface area contributed by atoms with Crippen LogP contribution in [-0.4, -0.2) is 54.9 Å². The standard InChI is InChI=1S/C15H19IN6O2/c1-21(2)6-18-15-19-13-11(14(23)20-15)17-7-22(13)10-5-8-3-4-9(16)12(8)24-10/h6-10,12H,3-5H2,1-2H3,(H,19,20,23)/b18-6-. The van der Waals surface area contributed by atoms with E-state index in [4.69, 9.17) is 4.74 Å². The van der Waals surface area contributed by atoms with Gasteiger partial charge in [-0.2, -0.15) is 4.98 Å². The molecule has 2 aromatic heterocycles. The van der Waals surface area contributed by atoms with Crippen molar-refractivity contribution in [1.29, 1.82) is 0 Å². The second-order valence-corrected chi connectivity index (χ2v) is 8.17. The van der Waals surface area contributed by atoms with Crippen molar-refractivity contribution in [2.45, 2.75) is 35.5 Å². The fourth-order valence-corrected chi connectivity index (χ4v) is 4.59. The van der Waals surface area contributed by atoms with E-state index in [-0.39, 0.29) is 17.7 Å². The van der Waals surface area contributed by atoms with Crippen molar-refractivity contribution in [3.63, 3.8) is 0 Å². The summed E-state index contributed by atoms with van der Waals surface area (Å²) in [5, 5.41) is 0. The summed E-state index contributed by atoms with van der Waals surface area (Å²) in [7, 11) is 3.71. The zero-order valence-electron chi connectivity index (χ0n) is 13.5. The number of aliphatic imine (C=N–C) groups is 1. The van der Waals surface area contributed by atoms with Crippen LogP contribution in [0.15, 0.2) is 16.1 Å². The number of rotatable bonds is 3. The van der Waals surface area contributed by atoms with Crippen molar-refractivity contribution < 1.29 is 4.74 Å². The lowest BCUT2D eigenvalue weighted by Gasteiger charge is -2.16. The maximum absolute atomic E-state index is 12.2. The summed E-state index contributed by atoms with van der Waals surface area (Å²) in [5.41, 5.74) is 0.569. The first-order valence-corrected chi connectivity index (χ1v) is 9.24. The number of nitrogens with zero attached hydrogens (tertiary/aromatic N) is 5. The normalized spacial score (nSPS) is 29.6. The number of aromatic nitrogens is 4. The van der Waals surface area contributed by atoms with Crippen molar-refractivity contribution in [3.05, 3.63) is 16.7 Å². The van der Waals surface area contributed by atoms with E-state index in [0.717, 1.165) is 6.42 Å². The SMILES string of the molecule is CN(C)/C=N\c1nc2c(ncn2C2CC3CCC(I)C3O2)c(=O)[nH]1. The van der Waals surface area contributed by atoms with E-state index < -0.39 is 0 Å².